The van der Waals surface area contributed by atoms with Crippen molar-refractivity contribution in [2.24, 2.45) is 0 Å². The quantitative estimate of drug-likeness (QED) is 0.624. The molecule has 148 valence electrons. The fourth-order valence-electron chi connectivity index (χ4n) is 3.25. The Morgan fingerprint density at radius 2 is 1.48 bits per heavy atom. The fourth-order valence-corrected chi connectivity index (χ4v) is 4.37. The SMILES string of the molecule is O=C(CSC(c1ccccc1)c1ccccc1)NCc1ccc2c(c1)OCCO2. The van der Waals surface area contributed by atoms with E-state index in [4.69, 9.17) is 9.47 Å². The monoisotopic (exact) mass is 405 g/mol. The Balaban J connectivity index is 1.36. The zero-order valence-corrected chi connectivity index (χ0v) is 16.9. The van der Waals surface area contributed by atoms with E-state index in [1.165, 1.54) is 11.1 Å². The van der Waals surface area contributed by atoms with Crippen molar-refractivity contribution in [3.63, 3.8) is 0 Å². The lowest BCUT2D eigenvalue weighted by Crippen LogP contribution is -2.25. The van der Waals surface area contributed by atoms with Crippen molar-refractivity contribution in [3.8, 4) is 11.5 Å². The summed E-state index contributed by atoms with van der Waals surface area (Å²) in [6, 6.07) is 26.4. The molecule has 0 unspecified atom stereocenters. The molecule has 0 atom stereocenters. The van der Waals surface area contributed by atoms with E-state index < -0.39 is 0 Å². The lowest BCUT2D eigenvalue weighted by molar-refractivity contribution is -0.118. The van der Waals surface area contributed by atoms with Crippen LogP contribution < -0.4 is 14.8 Å². The van der Waals surface area contributed by atoms with E-state index in [0.29, 0.717) is 25.5 Å². The molecule has 3 aromatic carbocycles. The molecule has 1 amide bonds. The van der Waals surface area contributed by atoms with Crippen LogP contribution >= 0.6 is 11.8 Å². The largest absolute Gasteiger partial charge is 0.486 e. The molecule has 4 nitrogen and oxygen atoms in total. The van der Waals surface area contributed by atoms with Gasteiger partial charge in [0.2, 0.25) is 5.91 Å². The van der Waals surface area contributed by atoms with Crippen LogP contribution in [0.3, 0.4) is 0 Å². The van der Waals surface area contributed by atoms with Gasteiger partial charge in [-0.1, -0.05) is 66.7 Å². The summed E-state index contributed by atoms with van der Waals surface area (Å²) in [4.78, 5) is 12.5. The average Bonchev–Trinajstić information content (AvgIpc) is 2.79. The van der Waals surface area contributed by atoms with Gasteiger partial charge in [-0.25, -0.2) is 0 Å². The minimum atomic E-state index is 0.0155. The number of hydrogen-bond donors (Lipinski definition) is 1. The number of hydrogen-bond acceptors (Lipinski definition) is 4. The molecule has 0 fully saturated rings. The van der Waals surface area contributed by atoms with Crippen LogP contribution in [-0.2, 0) is 11.3 Å². The highest BCUT2D eigenvalue weighted by Gasteiger charge is 2.16. The number of carbonyl (C=O) groups is 1. The molecule has 4 rings (SSSR count). The molecule has 29 heavy (non-hydrogen) atoms. The summed E-state index contributed by atoms with van der Waals surface area (Å²) in [6.45, 7) is 1.60. The van der Waals surface area contributed by atoms with E-state index in [1.54, 1.807) is 11.8 Å². The summed E-state index contributed by atoms with van der Waals surface area (Å²) in [7, 11) is 0. The minimum absolute atomic E-state index is 0.0155. The van der Waals surface area contributed by atoms with Gasteiger partial charge in [-0.05, 0) is 28.8 Å². The first-order valence-corrected chi connectivity index (χ1v) is 10.7. The van der Waals surface area contributed by atoms with Crippen molar-refractivity contribution < 1.29 is 14.3 Å². The third-order valence-electron chi connectivity index (χ3n) is 4.68. The summed E-state index contributed by atoms with van der Waals surface area (Å²) in [6.07, 6.45) is 0. The molecule has 0 aliphatic carbocycles. The molecule has 0 bridgehead atoms. The third kappa shape index (κ3) is 5.12. The van der Waals surface area contributed by atoms with Crippen molar-refractivity contribution in [3.05, 3.63) is 95.6 Å². The van der Waals surface area contributed by atoms with Crippen LogP contribution in [0.2, 0.25) is 0 Å². The standard InChI is InChI=1S/C24H23NO3S/c26-23(25-16-18-11-12-21-22(15-18)28-14-13-27-21)17-29-24(19-7-3-1-4-8-19)20-9-5-2-6-10-20/h1-12,15,24H,13-14,16-17H2,(H,25,26). The lowest BCUT2D eigenvalue weighted by Gasteiger charge is -2.19. The van der Waals surface area contributed by atoms with Crippen LogP contribution in [0.5, 0.6) is 11.5 Å². The van der Waals surface area contributed by atoms with Gasteiger partial charge in [-0.3, -0.25) is 4.79 Å². The van der Waals surface area contributed by atoms with Gasteiger partial charge in [-0.15, -0.1) is 11.8 Å². The zero-order chi connectivity index (χ0) is 19.9. The molecular weight excluding hydrogens is 382 g/mol. The maximum atomic E-state index is 12.5. The molecule has 0 spiro atoms. The summed E-state index contributed by atoms with van der Waals surface area (Å²) >= 11 is 1.64. The van der Waals surface area contributed by atoms with E-state index >= 15 is 0 Å². The first-order valence-electron chi connectivity index (χ1n) is 9.66. The molecule has 1 aliphatic heterocycles. The van der Waals surface area contributed by atoms with Crippen molar-refractivity contribution in [1.82, 2.24) is 5.32 Å². The van der Waals surface area contributed by atoms with Crippen molar-refractivity contribution >= 4 is 17.7 Å². The Kier molecular flexibility index (Phi) is 6.37. The molecular formula is C24H23NO3S. The Bertz CT molecular complexity index is 907. The molecule has 0 saturated heterocycles. The second-order valence-corrected chi connectivity index (χ2v) is 7.86. The average molecular weight is 406 g/mol. The third-order valence-corrected chi connectivity index (χ3v) is 5.99. The highest BCUT2D eigenvalue weighted by atomic mass is 32.2. The predicted molar refractivity (Wildman–Crippen MR) is 116 cm³/mol. The van der Waals surface area contributed by atoms with E-state index in [2.05, 4.69) is 29.6 Å². The molecule has 0 radical (unpaired) electrons. The van der Waals surface area contributed by atoms with E-state index in [9.17, 15) is 4.79 Å². The molecule has 1 N–H and O–H groups in total. The van der Waals surface area contributed by atoms with E-state index in [0.717, 1.165) is 17.1 Å². The van der Waals surface area contributed by atoms with Crippen molar-refractivity contribution in [2.45, 2.75) is 11.8 Å². The smallest absolute Gasteiger partial charge is 0.230 e. The summed E-state index contributed by atoms with van der Waals surface area (Å²) in [5, 5.41) is 3.13. The number of fused-ring (bicyclic) bond motifs is 1. The van der Waals surface area contributed by atoms with Crippen LogP contribution in [0.1, 0.15) is 21.9 Å². The second kappa shape index (κ2) is 9.52. The number of carbonyl (C=O) groups excluding carboxylic acids is 1. The molecule has 0 saturated carbocycles. The van der Waals surface area contributed by atoms with Gasteiger partial charge < -0.3 is 14.8 Å². The van der Waals surface area contributed by atoms with Crippen molar-refractivity contribution in [1.29, 1.82) is 0 Å². The normalized spacial score (nSPS) is 12.6. The topological polar surface area (TPSA) is 47.6 Å². The highest BCUT2D eigenvalue weighted by molar-refractivity contribution is 8.00. The summed E-state index contributed by atoms with van der Waals surface area (Å²) < 4.78 is 11.1. The first-order chi connectivity index (χ1) is 14.3. The van der Waals surface area contributed by atoms with Gasteiger partial charge in [0, 0.05) is 6.54 Å². The van der Waals surface area contributed by atoms with Crippen molar-refractivity contribution in [2.75, 3.05) is 19.0 Å². The maximum absolute atomic E-state index is 12.5. The van der Waals surface area contributed by atoms with Gasteiger partial charge in [0.25, 0.3) is 0 Å². The molecule has 3 aromatic rings. The Morgan fingerprint density at radius 3 is 2.14 bits per heavy atom. The highest BCUT2D eigenvalue weighted by Crippen LogP contribution is 2.35. The van der Waals surface area contributed by atoms with Crippen LogP contribution in [-0.4, -0.2) is 24.9 Å². The van der Waals surface area contributed by atoms with E-state index in [1.807, 2.05) is 54.6 Å². The Morgan fingerprint density at radius 1 is 0.862 bits per heavy atom. The molecule has 1 aliphatic rings. The number of thioether (sulfide) groups is 1. The van der Waals surface area contributed by atoms with Gasteiger partial charge in [0.15, 0.2) is 11.5 Å². The molecule has 0 aromatic heterocycles. The number of amides is 1. The summed E-state index contributed by atoms with van der Waals surface area (Å²) in [5.41, 5.74) is 3.39. The number of rotatable bonds is 7. The van der Waals surface area contributed by atoms with Gasteiger partial charge in [-0.2, -0.15) is 0 Å². The Hall–Kier alpha value is -2.92. The van der Waals surface area contributed by atoms with Crippen LogP contribution in [0, 0.1) is 0 Å². The lowest BCUT2D eigenvalue weighted by atomic mass is 10.0. The second-order valence-electron chi connectivity index (χ2n) is 6.77. The summed E-state index contributed by atoms with van der Waals surface area (Å²) in [5.74, 6) is 1.90. The van der Waals surface area contributed by atoms with Crippen LogP contribution in [0.4, 0.5) is 0 Å². The first kappa shape index (κ1) is 19.4. The van der Waals surface area contributed by atoms with Crippen LogP contribution in [0.25, 0.3) is 0 Å². The van der Waals surface area contributed by atoms with Gasteiger partial charge in [0.05, 0.1) is 11.0 Å². The number of ether oxygens (including phenoxy) is 2. The number of nitrogens with one attached hydrogen (secondary N) is 1. The molecule has 5 heteroatoms. The molecule has 1 heterocycles. The zero-order valence-electron chi connectivity index (χ0n) is 16.0. The number of benzene rings is 3. The van der Waals surface area contributed by atoms with E-state index in [-0.39, 0.29) is 11.2 Å². The Labute approximate surface area is 175 Å². The van der Waals surface area contributed by atoms with Gasteiger partial charge in [0.1, 0.15) is 13.2 Å². The minimum Gasteiger partial charge on any atom is -0.486 e. The fraction of sp³-hybridized carbons (Fsp3) is 0.208. The predicted octanol–water partition coefficient (Wildman–Crippen LogP) is 4.60. The van der Waals surface area contributed by atoms with Crippen LogP contribution in [0.15, 0.2) is 78.9 Å². The van der Waals surface area contributed by atoms with Gasteiger partial charge >= 0.3 is 0 Å². The maximum Gasteiger partial charge on any atom is 0.230 e.